The Bertz CT molecular complexity index is 1250. The highest BCUT2D eigenvalue weighted by Crippen LogP contribution is 2.23. The van der Waals surface area contributed by atoms with Gasteiger partial charge in [-0.05, 0) is 24.3 Å². The number of amides is 2. The van der Waals surface area contributed by atoms with Crippen LogP contribution in [-0.4, -0.2) is 39.9 Å². The van der Waals surface area contributed by atoms with Gasteiger partial charge in [-0.3, -0.25) is 14.4 Å². The van der Waals surface area contributed by atoms with Gasteiger partial charge in [0.15, 0.2) is 5.69 Å². The maximum atomic E-state index is 12.4. The molecule has 0 aliphatic carbocycles. The average Bonchev–Trinajstić information content (AvgIpc) is 3.29. The second-order valence-electron chi connectivity index (χ2n) is 6.31. The minimum absolute atomic E-state index is 0.139. The first-order chi connectivity index (χ1) is 13.5. The van der Waals surface area contributed by atoms with Crippen LogP contribution in [-0.2, 0) is 4.79 Å². The fraction of sp³-hybridized carbons (Fsp3) is 0.158. The van der Waals surface area contributed by atoms with E-state index in [0.717, 1.165) is 16.4 Å². The van der Waals surface area contributed by atoms with E-state index >= 15 is 0 Å². The first kappa shape index (κ1) is 17.9. The van der Waals surface area contributed by atoms with Gasteiger partial charge in [0, 0.05) is 47.2 Å². The summed E-state index contributed by atoms with van der Waals surface area (Å²) in [6, 6.07) is 7.05. The Kier molecular flexibility index (Phi) is 4.66. The maximum Gasteiger partial charge on any atom is 0.276 e. The number of rotatable bonds is 5. The standard InChI is InChI=1S/C19H17N5O3S/c1-10(25)20-4-5-21-18(26)11-2-3-13-12(6-11)7-14(22-13)17-19(27)24-16-9-28-8-15(16)23-17/h2-3,6-9,22H,4-5H2,1H3,(H,20,25)(H,21,26)(H,24,27). The molecule has 28 heavy (non-hydrogen) atoms. The normalized spacial score (nSPS) is 11.0. The molecule has 0 aliphatic heterocycles. The predicted octanol–water partition coefficient (Wildman–Crippen LogP) is 2.00. The van der Waals surface area contributed by atoms with Crippen molar-refractivity contribution in [2.75, 3.05) is 13.1 Å². The number of hydrogen-bond donors (Lipinski definition) is 4. The lowest BCUT2D eigenvalue weighted by atomic mass is 10.1. The smallest absolute Gasteiger partial charge is 0.276 e. The lowest BCUT2D eigenvalue weighted by Crippen LogP contribution is -2.33. The molecular formula is C19H17N5O3S. The zero-order chi connectivity index (χ0) is 19.7. The van der Waals surface area contributed by atoms with Gasteiger partial charge in [0.05, 0.1) is 16.7 Å². The number of aromatic amines is 2. The SMILES string of the molecule is CC(=O)NCCNC(=O)c1ccc2[nH]c(-c3nc4cscc4[nH]c3=O)cc2c1. The second kappa shape index (κ2) is 7.28. The Hall–Kier alpha value is -3.46. The van der Waals surface area contributed by atoms with Gasteiger partial charge < -0.3 is 20.6 Å². The average molecular weight is 395 g/mol. The minimum atomic E-state index is -0.270. The van der Waals surface area contributed by atoms with Gasteiger partial charge in [0.2, 0.25) is 5.91 Å². The van der Waals surface area contributed by atoms with Crippen LogP contribution in [0.1, 0.15) is 17.3 Å². The van der Waals surface area contributed by atoms with Gasteiger partial charge in [0.1, 0.15) is 0 Å². The maximum absolute atomic E-state index is 12.4. The summed E-state index contributed by atoms with van der Waals surface area (Å²) >= 11 is 1.47. The van der Waals surface area contributed by atoms with Crippen LogP contribution in [0.4, 0.5) is 0 Å². The number of hydrogen-bond acceptors (Lipinski definition) is 5. The monoisotopic (exact) mass is 395 g/mol. The summed E-state index contributed by atoms with van der Waals surface area (Å²) in [6.45, 7) is 2.14. The molecule has 3 aromatic heterocycles. The van der Waals surface area contributed by atoms with E-state index in [0.29, 0.717) is 35.6 Å². The largest absolute Gasteiger partial charge is 0.355 e. The molecule has 142 valence electrons. The van der Waals surface area contributed by atoms with E-state index in [-0.39, 0.29) is 17.4 Å². The molecule has 4 aromatic rings. The van der Waals surface area contributed by atoms with Crippen molar-refractivity contribution in [3.8, 4) is 11.4 Å². The van der Waals surface area contributed by atoms with Gasteiger partial charge in [-0.2, -0.15) is 0 Å². The van der Waals surface area contributed by atoms with Crippen LogP contribution in [0.15, 0.2) is 39.8 Å². The molecule has 0 fully saturated rings. The van der Waals surface area contributed by atoms with Gasteiger partial charge >= 0.3 is 0 Å². The molecule has 2 amide bonds. The molecule has 1 aromatic carbocycles. The first-order valence-corrected chi connectivity index (χ1v) is 9.57. The number of nitrogens with one attached hydrogen (secondary N) is 4. The molecule has 0 radical (unpaired) electrons. The molecule has 0 saturated carbocycles. The number of carbonyl (C=O) groups excluding carboxylic acids is 2. The van der Waals surface area contributed by atoms with E-state index in [1.165, 1.54) is 18.3 Å². The van der Waals surface area contributed by atoms with Crippen LogP contribution < -0.4 is 16.2 Å². The van der Waals surface area contributed by atoms with E-state index < -0.39 is 0 Å². The molecule has 3 heterocycles. The van der Waals surface area contributed by atoms with E-state index in [2.05, 4.69) is 25.6 Å². The minimum Gasteiger partial charge on any atom is -0.355 e. The Morgan fingerprint density at radius 1 is 1.07 bits per heavy atom. The third kappa shape index (κ3) is 3.52. The number of benzene rings is 1. The number of carbonyl (C=O) groups is 2. The van der Waals surface area contributed by atoms with E-state index in [9.17, 15) is 14.4 Å². The molecule has 9 heteroatoms. The number of H-pyrrole nitrogens is 2. The topological polar surface area (TPSA) is 120 Å². The second-order valence-corrected chi connectivity index (χ2v) is 7.05. The lowest BCUT2D eigenvalue weighted by molar-refractivity contribution is -0.118. The Morgan fingerprint density at radius 2 is 1.89 bits per heavy atom. The highest BCUT2D eigenvalue weighted by atomic mass is 32.1. The molecule has 0 bridgehead atoms. The first-order valence-electron chi connectivity index (χ1n) is 8.63. The van der Waals surface area contributed by atoms with Crippen molar-refractivity contribution in [2.45, 2.75) is 6.92 Å². The van der Waals surface area contributed by atoms with Crippen LogP contribution in [0, 0.1) is 0 Å². The van der Waals surface area contributed by atoms with Gasteiger partial charge in [0.25, 0.3) is 11.5 Å². The van der Waals surface area contributed by atoms with Crippen molar-refractivity contribution in [1.29, 1.82) is 0 Å². The summed E-state index contributed by atoms with van der Waals surface area (Å²) in [5.41, 5.74) is 3.38. The molecule has 0 aliphatic rings. The van der Waals surface area contributed by atoms with Crippen LogP contribution in [0.3, 0.4) is 0 Å². The van der Waals surface area contributed by atoms with Gasteiger partial charge in [-0.15, -0.1) is 11.3 Å². The summed E-state index contributed by atoms with van der Waals surface area (Å²) in [7, 11) is 0. The third-order valence-corrected chi connectivity index (χ3v) is 4.99. The molecule has 0 spiro atoms. The highest BCUT2D eigenvalue weighted by molar-refractivity contribution is 7.09. The fourth-order valence-corrected chi connectivity index (χ4v) is 3.62. The summed E-state index contributed by atoms with van der Waals surface area (Å²) in [6.07, 6.45) is 0. The molecule has 4 N–H and O–H groups in total. The zero-order valence-corrected chi connectivity index (χ0v) is 15.8. The molecule has 0 saturated heterocycles. The van der Waals surface area contributed by atoms with Crippen molar-refractivity contribution < 1.29 is 9.59 Å². The van der Waals surface area contributed by atoms with E-state index in [4.69, 9.17) is 0 Å². The molecule has 0 unspecified atom stereocenters. The molecule has 4 rings (SSSR count). The van der Waals surface area contributed by atoms with Crippen LogP contribution in [0.5, 0.6) is 0 Å². The summed E-state index contributed by atoms with van der Waals surface area (Å²) in [4.78, 5) is 45.9. The van der Waals surface area contributed by atoms with E-state index in [1.54, 1.807) is 24.3 Å². The van der Waals surface area contributed by atoms with Crippen molar-refractivity contribution in [2.24, 2.45) is 0 Å². The molecular weight excluding hydrogens is 378 g/mol. The Morgan fingerprint density at radius 3 is 2.71 bits per heavy atom. The summed E-state index contributed by atoms with van der Waals surface area (Å²) in [5, 5.41) is 9.90. The van der Waals surface area contributed by atoms with Crippen molar-refractivity contribution in [1.82, 2.24) is 25.6 Å². The highest BCUT2D eigenvalue weighted by Gasteiger charge is 2.13. The van der Waals surface area contributed by atoms with Crippen molar-refractivity contribution in [3.63, 3.8) is 0 Å². The summed E-state index contributed by atoms with van der Waals surface area (Å²) < 4.78 is 0. The number of fused-ring (bicyclic) bond motifs is 2. The third-order valence-electron chi connectivity index (χ3n) is 4.26. The Balaban J connectivity index is 1.59. The van der Waals surface area contributed by atoms with Crippen LogP contribution in [0.2, 0.25) is 0 Å². The van der Waals surface area contributed by atoms with Gasteiger partial charge in [-0.25, -0.2) is 4.98 Å². The van der Waals surface area contributed by atoms with Crippen LogP contribution >= 0.6 is 11.3 Å². The van der Waals surface area contributed by atoms with Crippen LogP contribution in [0.25, 0.3) is 33.3 Å². The van der Waals surface area contributed by atoms with E-state index in [1.807, 2.05) is 10.8 Å². The summed E-state index contributed by atoms with van der Waals surface area (Å²) in [5.74, 6) is -0.370. The quantitative estimate of drug-likeness (QED) is 0.386. The lowest BCUT2D eigenvalue weighted by Gasteiger charge is -2.05. The number of aromatic nitrogens is 3. The van der Waals surface area contributed by atoms with Crippen molar-refractivity contribution >= 4 is 45.1 Å². The fourth-order valence-electron chi connectivity index (χ4n) is 2.92. The number of nitrogens with zero attached hydrogens (tertiary/aromatic N) is 1. The van der Waals surface area contributed by atoms with Crippen molar-refractivity contribution in [3.05, 3.63) is 50.9 Å². The number of thiophene rings is 1. The van der Waals surface area contributed by atoms with Gasteiger partial charge in [-0.1, -0.05) is 0 Å². The Labute approximate surface area is 163 Å². The predicted molar refractivity (Wildman–Crippen MR) is 109 cm³/mol. The molecule has 0 atom stereocenters. The molecule has 8 nitrogen and oxygen atoms in total. The zero-order valence-electron chi connectivity index (χ0n) is 15.0.